The molecule has 0 bridgehead atoms. The number of nitrogens with zero attached hydrogens (tertiary/aromatic N) is 1. The van der Waals surface area contributed by atoms with Crippen molar-refractivity contribution >= 4 is 5.91 Å². The number of nitrogens with two attached hydrogens (primary N) is 1. The molecule has 16 heavy (non-hydrogen) atoms. The van der Waals surface area contributed by atoms with Gasteiger partial charge in [-0.1, -0.05) is 0 Å². The third-order valence-corrected chi connectivity index (χ3v) is 3.68. The monoisotopic (exact) mass is 226 g/mol. The predicted molar refractivity (Wildman–Crippen MR) is 61.9 cm³/mol. The minimum Gasteiger partial charge on any atom is -0.375 e. The van der Waals surface area contributed by atoms with Crippen molar-refractivity contribution in [1.29, 1.82) is 0 Å². The smallest absolute Gasteiger partial charge is 0.223 e. The minimum atomic E-state index is -0.0933. The lowest BCUT2D eigenvalue weighted by Gasteiger charge is -2.39. The van der Waals surface area contributed by atoms with Gasteiger partial charge < -0.3 is 15.4 Å². The largest absolute Gasteiger partial charge is 0.375 e. The first-order chi connectivity index (χ1) is 7.52. The fourth-order valence-electron chi connectivity index (χ4n) is 2.79. The predicted octanol–water partition coefficient (Wildman–Crippen LogP) is 0.751. The molecule has 2 saturated heterocycles. The zero-order valence-corrected chi connectivity index (χ0v) is 10.2. The molecule has 0 aliphatic carbocycles. The number of carbonyl (C=O) groups excluding carboxylic acids is 1. The van der Waals surface area contributed by atoms with E-state index in [4.69, 9.17) is 10.5 Å². The summed E-state index contributed by atoms with van der Waals surface area (Å²) >= 11 is 0. The minimum absolute atomic E-state index is 0.0933. The van der Waals surface area contributed by atoms with Crippen LogP contribution in [0.1, 0.15) is 33.1 Å². The molecule has 2 aliphatic heterocycles. The van der Waals surface area contributed by atoms with E-state index >= 15 is 0 Å². The Morgan fingerprint density at radius 2 is 2.31 bits per heavy atom. The topological polar surface area (TPSA) is 55.6 Å². The number of carbonyl (C=O) groups is 1. The Bertz CT molecular complexity index is 278. The van der Waals surface area contributed by atoms with Crippen molar-refractivity contribution in [2.24, 2.45) is 11.7 Å². The number of hydrogen-bond acceptors (Lipinski definition) is 3. The summed E-state index contributed by atoms with van der Waals surface area (Å²) < 4.78 is 5.68. The second-order valence-electron chi connectivity index (χ2n) is 5.61. The van der Waals surface area contributed by atoms with Gasteiger partial charge in [-0.25, -0.2) is 0 Å². The molecule has 0 radical (unpaired) electrons. The molecular formula is C12H22N2O2. The van der Waals surface area contributed by atoms with Crippen molar-refractivity contribution in [2.45, 2.75) is 44.8 Å². The fourth-order valence-corrected chi connectivity index (χ4v) is 2.79. The van der Waals surface area contributed by atoms with Gasteiger partial charge in [-0.3, -0.25) is 4.79 Å². The summed E-state index contributed by atoms with van der Waals surface area (Å²) in [6.07, 6.45) is 2.54. The molecule has 0 spiro atoms. The van der Waals surface area contributed by atoms with Crippen molar-refractivity contribution in [3.8, 4) is 0 Å². The van der Waals surface area contributed by atoms with Gasteiger partial charge in [0.1, 0.15) is 0 Å². The van der Waals surface area contributed by atoms with Gasteiger partial charge in [0.15, 0.2) is 0 Å². The van der Waals surface area contributed by atoms with E-state index in [-0.39, 0.29) is 11.5 Å². The van der Waals surface area contributed by atoms with Crippen molar-refractivity contribution in [3.63, 3.8) is 0 Å². The van der Waals surface area contributed by atoms with Crippen molar-refractivity contribution < 1.29 is 9.53 Å². The molecule has 1 amide bonds. The lowest BCUT2D eigenvalue weighted by molar-refractivity contribution is -0.135. The van der Waals surface area contributed by atoms with E-state index in [9.17, 15) is 4.79 Å². The average Bonchev–Trinajstić information content (AvgIpc) is 2.58. The molecule has 2 heterocycles. The van der Waals surface area contributed by atoms with Crippen LogP contribution in [0.3, 0.4) is 0 Å². The average molecular weight is 226 g/mol. The molecule has 2 aliphatic rings. The normalized spacial score (nSPS) is 34.4. The van der Waals surface area contributed by atoms with Crippen molar-refractivity contribution in [2.75, 3.05) is 19.7 Å². The summed E-state index contributed by atoms with van der Waals surface area (Å²) in [5.41, 5.74) is 5.54. The highest BCUT2D eigenvalue weighted by molar-refractivity contribution is 5.79. The number of amides is 1. The lowest BCUT2D eigenvalue weighted by atomic mass is 9.93. The molecule has 2 rings (SSSR count). The Morgan fingerprint density at radius 1 is 1.56 bits per heavy atom. The van der Waals surface area contributed by atoms with Gasteiger partial charge in [-0.05, 0) is 39.2 Å². The number of rotatable bonds is 2. The third kappa shape index (κ3) is 2.38. The first-order valence-corrected chi connectivity index (χ1v) is 6.15. The Labute approximate surface area is 97.1 Å². The van der Waals surface area contributed by atoms with Crippen LogP contribution in [-0.4, -0.2) is 42.1 Å². The molecule has 0 aromatic carbocycles. The molecule has 2 atom stereocenters. The van der Waals surface area contributed by atoms with E-state index in [1.807, 2.05) is 4.90 Å². The summed E-state index contributed by atoms with van der Waals surface area (Å²) in [5, 5.41) is 0. The van der Waals surface area contributed by atoms with Crippen LogP contribution < -0.4 is 5.73 Å². The summed E-state index contributed by atoms with van der Waals surface area (Å²) in [4.78, 5) is 13.9. The van der Waals surface area contributed by atoms with Gasteiger partial charge in [-0.15, -0.1) is 0 Å². The van der Waals surface area contributed by atoms with E-state index < -0.39 is 0 Å². The Balaban J connectivity index is 1.99. The quantitative estimate of drug-likeness (QED) is 0.756. The molecular weight excluding hydrogens is 204 g/mol. The van der Waals surface area contributed by atoms with Gasteiger partial charge in [0.25, 0.3) is 0 Å². The van der Waals surface area contributed by atoms with Crippen LogP contribution >= 0.6 is 0 Å². The number of likely N-dealkylation sites (tertiary alicyclic amines) is 1. The maximum atomic E-state index is 11.9. The molecule has 2 unspecified atom stereocenters. The zero-order valence-electron chi connectivity index (χ0n) is 10.2. The van der Waals surface area contributed by atoms with E-state index in [1.54, 1.807) is 0 Å². The fraction of sp³-hybridized carbons (Fsp3) is 0.917. The van der Waals surface area contributed by atoms with Crippen LogP contribution in [0.25, 0.3) is 0 Å². The molecule has 0 aromatic rings. The van der Waals surface area contributed by atoms with Crippen LogP contribution in [0.15, 0.2) is 0 Å². The highest BCUT2D eigenvalue weighted by atomic mass is 16.5. The molecule has 0 saturated carbocycles. The standard InChI is InChI=1S/C12H22N2O2/c1-12(2)6-10(3-4-16-12)14-8-9(7-13)5-11(14)15/h9-10H,3-8,13H2,1-2H3. The van der Waals surface area contributed by atoms with Gasteiger partial charge in [0.05, 0.1) is 5.60 Å². The Morgan fingerprint density at radius 3 is 2.88 bits per heavy atom. The third-order valence-electron chi connectivity index (χ3n) is 3.68. The molecule has 2 N–H and O–H groups in total. The van der Waals surface area contributed by atoms with Crippen LogP contribution in [0, 0.1) is 5.92 Å². The summed E-state index contributed by atoms with van der Waals surface area (Å²) in [6, 6.07) is 0.354. The number of ether oxygens (including phenoxy) is 1. The SMILES string of the molecule is CC1(C)CC(N2CC(CN)CC2=O)CCO1. The molecule has 92 valence electrons. The summed E-state index contributed by atoms with van der Waals surface area (Å²) in [7, 11) is 0. The van der Waals surface area contributed by atoms with Gasteiger partial charge in [0, 0.05) is 25.6 Å². The first kappa shape index (κ1) is 11.9. The lowest BCUT2D eigenvalue weighted by Crippen LogP contribution is -2.46. The second kappa shape index (κ2) is 4.34. The molecule has 4 heteroatoms. The number of hydrogen-bond donors (Lipinski definition) is 1. The molecule has 4 nitrogen and oxygen atoms in total. The second-order valence-corrected chi connectivity index (χ2v) is 5.61. The highest BCUT2D eigenvalue weighted by Crippen LogP contribution is 2.30. The Hall–Kier alpha value is -0.610. The van der Waals surface area contributed by atoms with Gasteiger partial charge in [-0.2, -0.15) is 0 Å². The van der Waals surface area contributed by atoms with Crippen molar-refractivity contribution in [1.82, 2.24) is 4.90 Å². The first-order valence-electron chi connectivity index (χ1n) is 6.15. The summed E-state index contributed by atoms with van der Waals surface area (Å²) in [6.45, 7) is 6.42. The van der Waals surface area contributed by atoms with Crippen LogP contribution in [-0.2, 0) is 9.53 Å². The van der Waals surface area contributed by atoms with Crippen LogP contribution in [0.4, 0.5) is 0 Å². The van der Waals surface area contributed by atoms with Crippen molar-refractivity contribution in [3.05, 3.63) is 0 Å². The van der Waals surface area contributed by atoms with Crippen LogP contribution in [0.5, 0.6) is 0 Å². The maximum absolute atomic E-state index is 11.9. The highest BCUT2D eigenvalue weighted by Gasteiger charge is 2.38. The van der Waals surface area contributed by atoms with Gasteiger partial charge >= 0.3 is 0 Å². The van der Waals surface area contributed by atoms with E-state index in [0.29, 0.717) is 24.9 Å². The Kier molecular flexibility index (Phi) is 3.22. The van der Waals surface area contributed by atoms with E-state index in [2.05, 4.69) is 13.8 Å². The van der Waals surface area contributed by atoms with Crippen LogP contribution in [0.2, 0.25) is 0 Å². The molecule has 2 fully saturated rings. The maximum Gasteiger partial charge on any atom is 0.223 e. The zero-order chi connectivity index (χ0) is 11.8. The van der Waals surface area contributed by atoms with Gasteiger partial charge in [0.2, 0.25) is 5.91 Å². The van der Waals surface area contributed by atoms with E-state index in [1.165, 1.54) is 0 Å². The molecule has 0 aromatic heterocycles. The van der Waals surface area contributed by atoms with E-state index in [0.717, 1.165) is 26.0 Å². The summed E-state index contributed by atoms with van der Waals surface area (Å²) in [5.74, 6) is 0.636.